The van der Waals surface area contributed by atoms with Gasteiger partial charge in [0.25, 0.3) is 0 Å². The monoisotopic (exact) mass is 431 g/mol. The van der Waals surface area contributed by atoms with Crippen LogP contribution in [0.25, 0.3) is 0 Å². The molecule has 1 heterocycles. The zero-order chi connectivity index (χ0) is 16.7. The SMILES string of the molecule is Cl.Cl.NCC1(CC(=O)NCCOc2ncc(Cl)cc2Cl)CCCCC1. The predicted octanol–water partition coefficient (Wildman–Crippen LogP) is 4.03. The first kappa shape index (κ1) is 24.5. The highest BCUT2D eigenvalue weighted by Crippen LogP contribution is 2.38. The number of amides is 1. The van der Waals surface area contributed by atoms with Crippen LogP contribution in [0.2, 0.25) is 10.0 Å². The number of hydrogen-bond acceptors (Lipinski definition) is 4. The van der Waals surface area contributed by atoms with Gasteiger partial charge in [-0.05, 0) is 30.9 Å². The largest absolute Gasteiger partial charge is 0.475 e. The van der Waals surface area contributed by atoms with Crippen LogP contribution < -0.4 is 15.8 Å². The summed E-state index contributed by atoms with van der Waals surface area (Å²) in [6.45, 7) is 1.27. The molecule has 5 nitrogen and oxygen atoms in total. The first-order chi connectivity index (χ1) is 11.0. The fourth-order valence-corrected chi connectivity index (χ4v) is 3.44. The lowest BCUT2D eigenvalue weighted by Crippen LogP contribution is -2.39. The van der Waals surface area contributed by atoms with Crippen LogP contribution in [0.4, 0.5) is 0 Å². The Morgan fingerprint density at radius 2 is 1.96 bits per heavy atom. The van der Waals surface area contributed by atoms with Crippen molar-refractivity contribution in [1.29, 1.82) is 0 Å². The van der Waals surface area contributed by atoms with Gasteiger partial charge in [0.15, 0.2) is 0 Å². The summed E-state index contributed by atoms with van der Waals surface area (Å²) in [6.07, 6.45) is 7.60. The van der Waals surface area contributed by atoms with E-state index in [0.717, 1.165) is 25.7 Å². The predicted molar refractivity (Wildman–Crippen MR) is 106 cm³/mol. The Morgan fingerprint density at radius 1 is 1.28 bits per heavy atom. The van der Waals surface area contributed by atoms with E-state index in [0.29, 0.717) is 42.0 Å². The molecule has 0 atom stereocenters. The van der Waals surface area contributed by atoms with Gasteiger partial charge in [-0.15, -0.1) is 24.8 Å². The van der Waals surface area contributed by atoms with Gasteiger partial charge < -0.3 is 15.8 Å². The topological polar surface area (TPSA) is 77.2 Å². The van der Waals surface area contributed by atoms with Gasteiger partial charge >= 0.3 is 0 Å². The second kappa shape index (κ2) is 12.0. The maximum absolute atomic E-state index is 12.1. The van der Waals surface area contributed by atoms with Gasteiger partial charge in [0.1, 0.15) is 11.6 Å². The summed E-state index contributed by atoms with van der Waals surface area (Å²) < 4.78 is 5.44. The maximum atomic E-state index is 12.1. The molecule has 0 radical (unpaired) electrons. The van der Waals surface area contributed by atoms with E-state index in [1.807, 2.05) is 0 Å². The molecule has 1 aromatic rings. The summed E-state index contributed by atoms with van der Waals surface area (Å²) in [5.41, 5.74) is 5.88. The van der Waals surface area contributed by atoms with Gasteiger partial charge in [-0.2, -0.15) is 0 Å². The quantitative estimate of drug-likeness (QED) is 0.637. The Balaban J connectivity index is 0.00000288. The summed E-state index contributed by atoms with van der Waals surface area (Å²) in [5, 5.41) is 3.68. The van der Waals surface area contributed by atoms with Crippen LogP contribution in [0, 0.1) is 5.41 Å². The standard InChI is InChI=1S/C16H23Cl2N3O2.2ClH/c17-12-8-13(18)15(21-10-12)23-7-6-20-14(22)9-16(11-19)4-2-1-3-5-16;;/h8,10H,1-7,9,11,19H2,(H,20,22);2*1H. The highest BCUT2D eigenvalue weighted by atomic mass is 35.5. The Labute approximate surface area is 171 Å². The second-order valence-corrected chi connectivity index (χ2v) is 6.92. The van der Waals surface area contributed by atoms with Crippen molar-refractivity contribution in [2.24, 2.45) is 11.1 Å². The number of aromatic nitrogens is 1. The lowest BCUT2D eigenvalue weighted by atomic mass is 9.72. The molecule has 0 aliphatic heterocycles. The average Bonchev–Trinajstić information content (AvgIpc) is 2.54. The minimum Gasteiger partial charge on any atom is -0.475 e. The number of pyridine rings is 1. The molecule has 1 aliphatic carbocycles. The van der Waals surface area contributed by atoms with Gasteiger partial charge in [-0.25, -0.2) is 4.98 Å². The van der Waals surface area contributed by atoms with Crippen LogP contribution in [0.3, 0.4) is 0 Å². The average molecular weight is 433 g/mol. The van der Waals surface area contributed by atoms with Gasteiger partial charge in [0, 0.05) is 12.6 Å². The van der Waals surface area contributed by atoms with Gasteiger partial charge in [-0.3, -0.25) is 4.79 Å². The Hall–Kier alpha value is -0.460. The zero-order valence-electron chi connectivity index (χ0n) is 13.9. The van der Waals surface area contributed by atoms with Crippen LogP contribution in [0.1, 0.15) is 38.5 Å². The van der Waals surface area contributed by atoms with Crippen LogP contribution in [-0.4, -0.2) is 30.6 Å². The molecular formula is C16H25Cl4N3O2. The highest BCUT2D eigenvalue weighted by Gasteiger charge is 2.32. The van der Waals surface area contributed by atoms with Crippen molar-refractivity contribution < 1.29 is 9.53 Å². The van der Waals surface area contributed by atoms with Crippen molar-refractivity contribution in [1.82, 2.24) is 10.3 Å². The fraction of sp³-hybridized carbons (Fsp3) is 0.625. The zero-order valence-corrected chi connectivity index (χ0v) is 17.1. The molecule has 144 valence electrons. The molecule has 1 aliphatic rings. The number of hydrogen-bond donors (Lipinski definition) is 2. The molecule has 1 amide bonds. The third-order valence-corrected chi connectivity index (χ3v) is 4.80. The number of nitrogens with two attached hydrogens (primary N) is 1. The number of carbonyl (C=O) groups excluding carboxylic acids is 1. The molecule has 1 fully saturated rings. The minimum absolute atomic E-state index is 0. The molecule has 0 unspecified atom stereocenters. The van der Waals surface area contributed by atoms with E-state index in [1.54, 1.807) is 6.07 Å². The minimum atomic E-state index is -0.0236. The van der Waals surface area contributed by atoms with Crippen LogP contribution in [0.5, 0.6) is 5.88 Å². The summed E-state index contributed by atoms with van der Waals surface area (Å²) in [6, 6.07) is 1.57. The normalized spacial score (nSPS) is 15.5. The van der Waals surface area contributed by atoms with Gasteiger partial charge in [-0.1, -0.05) is 42.5 Å². The molecule has 0 aromatic carbocycles. The molecule has 0 spiro atoms. The van der Waals surface area contributed by atoms with E-state index in [1.165, 1.54) is 12.6 Å². The molecule has 1 saturated carbocycles. The van der Waals surface area contributed by atoms with Crippen molar-refractivity contribution >= 4 is 53.9 Å². The summed E-state index contributed by atoms with van der Waals surface area (Å²) >= 11 is 11.7. The third kappa shape index (κ3) is 7.75. The molecule has 1 aromatic heterocycles. The highest BCUT2D eigenvalue weighted by molar-refractivity contribution is 6.35. The van der Waals surface area contributed by atoms with E-state index in [9.17, 15) is 4.79 Å². The molecule has 9 heteroatoms. The van der Waals surface area contributed by atoms with E-state index < -0.39 is 0 Å². The van der Waals surface area contributed by atoms with Crippen molar-refractivity contribution in [2.45, 2.75) is 38.5 Å². The van der Waals surface area contributed by atoms with Crippen LogP contribution >= 0.6 is 48.0 Å². The lowest BCUT2D eigenvalue weighted by molar-refractivity contribution is -0.124. The lowest BCUT2D eigenvalue weighted by Gasteiger charge is -2.35. The van der Waals surface area contributed by atoms with E-state index in [4.69, 9.17) is 33.7 Å². The van der Waals surface area contributed by atoms with Crippen LogP contribution in [0.15, 0.2) is 12.3 Å². The fourth-order valence-electron chi connectivity index (χ4n) is 3.00. The van der Waals surface area contributed by atoms with Gasteiger partial charge in [0.2, 0.25) is 11.8 Å². The Kier molecular flexibility index (Phi) is 11.8. The molecule has 0 saturated heterocycles. The number of nitrogens with zero attached hydrogens (tertiary/aromatic N) is 1. The number of ether oxygens (including phenoxy) is 1. The first-order valence-electron chi connectivity index (χ1n) is 7.95. The van der Waals surface area contributed by atoms with Crippen LogP contribution in [-0.2, 0) is 4.79 Å². The third-order valence-electron chi connectivity index (χ3n) is 4.32. The summed E-state index contributed by atoms with van der Waals surface area (Å²) in [5.74, 6) is 0.340. The molecule has 3 N–H and O–H groups in total. The number of halogens is 4. The smallest absolute Gasteiger partial charge is 0.232 e. The second-order valence-electron chi connectivity index (χ2n) is 6.08. The summed E-state index contributed by atoms with van der Waals surface area (Å²) in [7, 11) is 0. The van der Waals surface area contributed by atoms with Crippen molar-refractivity contribution in [3.05, 3.63) is 22.3 Å². The maximum Gasteiger partial charge on any atom is 0.232 e. The Bertz CT molecular complexity index is 540. The van der Waals surface area contributed by atoms with Crippen molar-refractivity contribution in [3.63, 3.8) is 0 Å². The van der Waals surface area contributed by atoms with E-state index in [-0.39, 0.29) is 36.1 Å². The van der Waals surface area contributed by atoms with E-state index in [2.05, 4.69) is 10.3 Å². The first-order valence-corrected chi connectivity index (χ1v) is 8.71. The molecule has 25 heavy (non-hydrogen) atoms. The number of rotatable bonds is 7. The Morgan fingerprint density at radius 3 is 2.56 bits per heavy atom. The van der Waals surface area contributed by atoms with Gasteiger partial charge in [0.05, 0.1) is 11.6 Å². The van der Waals surface area contributed by atoms with E-state index >= 15 is 0 Å². The van der Waals surface area contributed by atoms with Crippen molar-refractivity contribution in [3.8, 4) is 5.88 Å². The molecule has 0 bridgehead atoms. The number of nitrogens with one attached hydrogen (secondary N) is 1. The molecule has 2 rings (SSSR count). The summed E-state index contributed by atoms with van der Waals surface area (Å²) in [4.78, 5) is 16.1. The number of carbonyl (C=O) groups is 1. The van der Waals surface area contributed by atoms with Crippen molar-refractivity contribution in [2.75, 3.05) is 19.7 Å². The molecular weight excluding hydrogens is 408 g/mol.